The first-order valence-electron chi connectivity index (χ1n) is 5.02. The summed E-state index contributed by atoms with van der Waals surface area (Å²) < 4.78 is 1.90. The second-order valence-electron chi connectivity index (χ2n) is 4.03. The Morgan fingerprint density at radius 1 is 1.31 bits per heavy atom. The van der Waals surface area contributed by atoms with E-state index in [1.165, 1.54) is 24.2 Å². The predicted octanol–water partition coefficient (Wildman–Crippen LogP) is 1.64. The standard InChI is InChI=1S/C10H16N2O/c1-7(2)12-9-6-4-3-5-8(9)11-10(12)13/h7H,3-6H2,1-2H3,(H,11,13). The second kappa shape index (κ2) is 3.05. The summed E-state index contributed by atoms with van der Waals surface area (Å²) >= 11 is 0. The van der Waals surface area contributed by atoms with E-state index in [0.717, 1.165) is 12.8 Å². The van der Waals surface area contributed by atoms with Crippen LogP contribution in [-0.4, -0.2) is 9.55 Å². The van der Waals surface area contributed by atoms with E-state index in [0.29, 0.717) is 0 Å². The van der Waals surface area contributed by atoms with E-state index >= 15 is 0 Å². The Labute approximate surface area is 77.8 Å². The lowest BCUT2D eigenvalue weighted by Crippen LogP contribution is -2.21. The fourth-order valence-corrected chi connectivity index (χ4v) is 2.15. The van der Waals surface area contributed by atoms with Crippen LogP contribution in [0.15, 0.2) is 4.79 Å². The van der Waals surface area contributed by atoms with Gasteiger partial charge in [-0.1, -0.05) is 0 Å². The van der Waals surface area contributed by atoms with Gasteiger partial charge in [0, 0.05) is 17.4 Å². The zero-order chi connectivity index (χ0) is 9.42. The van der Waals surface area contributed by atoms with Crippen molar-refractivity contribution in [1.82, 2.24) is 9.55 Å². The molecule has 0 aromatic carbocycles. The van der Waals surface area contributed by atoms with Gasteiger partial charge in [-0.2, -0.15) is 0 Å². The van der Waals surface area contributed by atoms with E-state index in [9.17, 15) is 4.79 Å². The summed E-state index contributed by atoms with van der Waals surface area (Å²) in [6.07, 6.45) is 4.54. The number of aryl methyl sites for hydroxylation is 1. The number of aromatic amines is 1. The van der Waals surface area contributed by atoms with Crippen molar-refractivity contribution >= 4 is 0 Å². The van der Waals surface area contributed by atoms with Crippen molar-refractivity contribution in [3.63, 3.8) is 0 Å². The molecule has 0 aliphatic heterocycles. The van der Waals surface area contributed by atoms with Gasteiger partial charge in [0.25, 0.3) is 0 Å². The third-order valence-corrected chi connectivity index (χ3v) is 2.72. The molecule has 1 aromatic rings. The third-order valence-electron chi connectivity index (χ3n) is 2.72. The lowest BCUT2D eigenvalue weighted by atomic mass is 10.0. The predicted molar refractivity (Wildman–Crippen MR) is 52.1 cm³/mol. The SMILES string of the molecule is CC(C)n1c2c([nH]c1=O)CCCC2. The number of H-pyrrole nitrogens is 1. The Morgan fingerprint density at radius 2 is 2.00 bits per heavy atom. The maximum absolute atomic E-state index is 11.6. The van der Waals surface area contributed by atoms with Gasteiger partial charge in [0.1, 0.15) is 0 Å². The minimum Gasteiger partial charge on any atom is -0.310 e. The average Bonchev–Trinajstić information content (AvgIpc) is 2.39. The van der Waals surface area contributed by atoms with Gasteiger partial charge in [0.15, 0.2) is 0 Å². The van der Waals surface area contributed by atoms with Crippen LogP contribution in [0.3, 0.4) is 0 Å². The highest BCUT2D eigenvalue weighted by atomic mass is 16.1. The Hall–Kier alpha value is -0.990. The van der Waals surface area contributed by atoms with Gasteiger partial charge in [-0.3, -0.25) is 4.57 Å². The van der Waals surface area contributed by atoms with Crippen molar-refractivity contribution in [2.24, 2.45) is 0 Å². The van der Waals surface area contributed by atoms with Gasteiger partial charge in [0.05, 0.1) is 0 Å². The molecular formula is C10H16N2O. The molecule has 1 N–H and O–H groups in total. The molecule has 0 unspecified atom stereocenters. The van der Waals surface area contributed by atoms with Crippen LogP contribution in [0, 0.1) is 0 Å². The van der Waals surface area contributed by atoms with E-state index < -0.39 is 0 Å². The van der Waals surface area contributed by atoms with E-state index in [-0.39, 0.29) is 11.7 Å². The van der Waals surface area contributed by atoms with Gasteiger partial charge in [0.2, 0.25) is 0 Å². The molecule has 0 fully saturated rings. The molecule has 0 spiro atoms. The van der Waals surface area contributed by atoms with Gasteiger partial charge >= 0.3 is 5.69 Å². The number of aromatic nitrogens is 2. The van der Waals surface area contributed by atoms with Crippen molar-refractivity contribution < 1.29 is 0 Å². The molecule has 72 valence electrons. The summed E-state index contributed by atoms with van der Waals surface area (Å²) in [6.45, 7) is 4.12. The Bertz CT molecular complexity index is 359. The lowest BCUT2D eigenvalue weighted by molar-refractivity contribution is 0.536. The molecule has 3 nitrogen and oxygen atoms in total. The topological polar surface area (TPSA) is 37.8 Å². The molecule has 0 radical (unpaired) electrons. The Morgan fingerprint density at radius 3 is 2.69 bits per heavy atom. The van der Waals surface area contributed by atoms with Crippen molar-refractivity contribution in [1.29, 1.82) is 0 Å². The van der Waals surface area contributed by atoms with Crippen LogP contribution in [0.4, 0.5) is 0 Å². The molecule has 0 amide bonds. The summed E-state index contributed by atoms with van der Waals surface area (Å²) in [4.78, 5) is 14.5. The van der Waals surface area contributed by atoms with Crippen LogP contribution in [0.1, 0.15) is 44.1 Å². The summed E-state index contributed by atoms with van der Waals surface area (Å²) in [5, 5.41) is 0. The molecule has 13 heavy (non-hydrogen) atoms. The highest BCUT2D eigenvalue weighted by Gasteiger charge is 2.18. The van der Waals surface area contributed by atoms with Gasteiger partial charge in [-0.05, 0) is 39.5 Å². The minimum absolute atomic E-state index is 0.0712. The van der Waals surface area contributed by atoms with Crippen molar-refractivity contribution in [3.05, 3.63) is 21.9 Å². The summed E-state index contributed by atoms with van der Waals surface area (Å²) in [5.74, 6) is 0. The molecule has 1 heterocycles. The zero-order valence-corrected chi connectivity index (χ0v) is 8.26. The molecule has 0 saturated heterocycles. The molecule has 1 aromatic heterocycles. The van der Waals surface area contributed by atoms with Crippen LogP contribution < -0.4 is 5.69 Å². The highest BCUT2D eigenvalue weighted by Crippen LogP contribution is 2.20. The molecule has 2 rings (SSSR count). The summed E-state index contributed by atoms with van der Waals surface area (Å²) in [5.41, 5.74) is 2.48. The number of hydrogen-bond acceptors (Lipinski definition) is 1. The van der Waals surface area contributed by atoms with E-state index in [1.54, 1.807) is 0 Å². The first-order chi connectivity index (χ1) is 6.20. The van der Waals surface area contributed by atoms with Gasteiger partial charge < -0.3 is 4.98 Å². The van der Waals surface area contributed by atoms with Crippen molar-refractivity contribution in [2.75, 3.05) is 0 Å². The van der Waals surface area contributed by atoms with Gasteiger partial charge in [-0.15, -0.1) is 0 Å². The monoisotopic (exact) mass is 180 g/mol. The lowest BCUT2D eigenvalue weighted by Gasteiger charge is -2.15. The molecule has 0 saturated carbocycles. The quantitative estimate of drug-likeness (QED) is 0.701. The van der Waals surface area contributed by atoms with Crippen molar-refractivity contribution in [2.45, 2.75) is 45.6 Å². The molecule has 1 aliphatic carbocycles. The average molecular weight is 180 g/mol. The molecular weight excluding hydrogens is 164 g/mol. The van der Waals surface area contributed by atoms with Crippen LogP contribution in [0.5, 0.6) is 0 Å². The van der Waals surface area contributed by atoms with Crippen LogP contribution in [-0.2, 0) is 12.8 Å². The maximum Gasteiger partial charge on any atom is 0.326 e. The van der Waals surface area contributed by atoms with Crippen LogP contribution in [0.25, 0.3) is 0 Å². The largest absolute Gasteiger partial charge is 0.326 e. The van der Waals surface area contributed by atoms with E-state index in [1.807, 2.05) is 4.57 Å². The number of nitrogens with one attached hydrogen (secondary N) is 1. The number of imidazole rings is 1. The van der Waals surface area contributed by atoms with Gasteiger partial charge in [-0.25, -0.2) is 4.79 Å². The highest BCUT2D eigenvalue weighted by molar-refractivity contribution is 5.17. The summed E-state index contributed by atoms with van der Waals surface area (Å²) in [7, 11) is 0. The van der Waals surface area contributed by atoms with Crippen LogP contribution >= 0.6 is 0 Å². The van der Waals surface area contributed by atoms with E-state index in [2.05, 4.69) is 18.8 Å². The smallest absolute Gasteiger partial charge is 0.310 e. The fourth-order valence-electron chi connectivity index (χ4n) is 2.15. The molecule has 1 aliphatic rings. The van der Waals surface area contributed by atoms with E-state index in [4.69, 9.17) is 0 Å². The summed E-state index contributed by atoms with van der Waals surface area (Å²) in [6, 6.07) is 0.283. The molecule has 3 heteroatoms. The first-order valence-corrected chi connectivity index (χ1v) is 5.02. The number of rotatable bonds is 1. The zero-order valence-electron chi connectivity index (χ0n) is 8.26. The number of hydrogen-bond donors (Lipinski definition) is 1. The number of fused-ring (bicyclic) bond motifs is 1. The minimum atomic E-state index is 0.0712. The Kier molecular flexibility index (Phi) is 2.02. The Balaban J connectivity index is 2.55. The number of nitrogens with zero attached hydrogens (tertiary/aromatic N) is 1. The normalized spacial score (nSPS) is 16.2. The molecule has 0 bridgehead atoms. The second-order valence-corrected chi connectivity index (χ2v) is 4.03. The first kappa shape index (κ1) is 8.60. The fraction of sp³-hybridized carbons (Fsp3) is 0.700. The maximum atomic E-state index is 11.6. The van der Waals surface area contributed by atoms with Crippen molar-refractivity contribution in [3.8, 4) is 0 Å². The third kappa shape index (κ3) is 1.32. The van der Waals surface area contributed by atoms with Crippen LogP contribution in [0.2, 0.25) is 0 Å². The molecule has 0 atom stereocenters.